The van der Waals surface area contributed by atoms with E-state index in [1.807, 2.05) is 24.1 Å². The second-order valence-corrected chi connectivity index (χ2v) is 5.25. The van der Waals surface area contributed by atoms with Gasteiger partial charge in [-0.15, -0.1) is 0 Å². The Hall–Kier alpha value is -0.910. The van der Waals surface area contributed by atoms with Crippen molar-refractivity contribution >= 4 is 0 Å². The van der Waals surface area contributed by atoms with Crippen molar-refractivity contribution in [3.05, 3.63) is 18.2 Å². The predicted octanol–water partition coefficient (Wildman–Crippen LogP) is 0.921. The van der Waals surface area contributed by atoms with E-state index in [2.05, 4.69) is 23.7 Å². The smallest absolute Gasteiger partial charge is 0.0947 e. The van der Waals surface area contributed by atoms with E-state index in [9.17, 15) is 0 Å². The quantitative estimate of drug-likeness (QED) is 0.866. The van der Waals surface area contributed by atoms with Gasteiger partial charge in [0.25, 0.3) is 0 Å². The van der Waals surface area contributed by atoms with Crippen molar-refractivity contribution in [1.82, 2.24) is 14.5 Å². The Balaban J connectivity index is 2.19. The Morgan fingerprint density at radius 1 is 1.50 bits per heavy atom. The third-order valence-electron chi connectivity index (χ3n) is 4.16. The van der Waals surface area contributed by atoms with E-state index in [0.717, 1.165) is 38.4 Å². The van der Waals surface area contributed by atoms with Crippen molar-refractivity contribution in [1.29, 1.82) is 0 Å². The molecule has 1 aromatic rings. The molecule has 2 heterocycles. The number of morpholine rings is 1. The monoisotopic (exact) mass is 252 g/mol. The summed E-state index contributed by atoms with van der Waals surface area (Å²) in [4.78, 5) is 6.84. The van der Waals surface area contributed by atoms with Gasteiger partial charge in [-0.25, -0.2) is 4.98 Å². The zero-order valence-electron chi connectivity index (χ0n) is 11.6. The van der Waals surface area contributed by atoms with Crippen LogP contribution in [0.25, 0.3) is 0 Å². The molecule has 1 saturated heterocycles. The van der Waals surface area contributed by atoms with E-state index in [1.165, 1.54) is 0 Å². The topological polar surface area (TPSA) is 56.3 Å². The highest BCUT2D eigenvalue weighted by Gasteiger charge is 2.38. The molecule has 1 fully saturated rings. The molecule has 1 aromatic heterocycles. The third-order valence-corrected chi connectivity index (χ3v) is 4.16. The Morgan fingerprint density at radius 3 is 2.67 bits per heavy atom. The van der Waals surface area contributed by atoms with Crippen molar-refractivity contribution in [2.75, 3.05) is 26.3 Å². The zero-order valence-corrected chi connectivity index (χ0v) is 11.6. The van der Waals surface area contributed by atoms with E-state index >= 15 is 0 Å². The fourth-order valence-corrected chi connectivity index (χ4v) is 2.63. The number of nitrogens with zero attached hydrogens (tertiary/aromatic N) is 3. The Morgan fingerprint density at radius 2 is 2.17 bits per heavy atom. The van der Waals surface area contributed by atoms with Crippen LogP contribution in [-0.4, -0.2) is 46.3 Å². The molecule has 2 unspecified atom stereocenters. The summed E-state index contributed by atoms with van der Waals surface area (Å²) >= 11 is 0. The van der Waals surface area contributed by atoms with E-state index < -0.39 is 0 Å². The van der Waals surface area contributed by atoms with Gasteiger partial charge in [0.15, 0.2) is 0 Å². The van der Waals surface area contributed by atoms with Gasteiger partial charge in [-0.1, -0.05) is 6.92 Å². The highest BCUT2D eigenvalue weighted by Crippen LogP contribution is 2.32. The molecule has 2 atom stereocenters. The first kappa shape index (κ1) is 13.5. The van der Waals surface area contributed by atoms with Crippen LogP contribution in [-0.2, 0) is 11.8 Å². The SMILES string of the molecule is CCC(C)(C(N)c1cn(C)cn1)N1CCOCC1. The average molecular weight is 252 g/mol. The van der Waals surface area contributed by atoms with E-state index in [0.29, 0.717) is 0 Å². The number of hydrogen-bond donors (Lipinski definition) is 1. The second-order valence-electron chi connectivity index (χ2n) is 5.25. The number of aryl methyl sites for hydroxylation is 1. The summed E-state index contributed by atoms with van der Waals surface area (Å²) in [5.41, 5.74) is 7.38. The van der Waals surface area contributed by atoms with Crippen LogP contribution in [0.15, 0.2) is 12.5 Å². The van der Waals surface area contributed by atoms with Crippen LogP contribution in [0.1, 0.15) is 32.0 Å². The highest BCUT2D eigenvalue weighted by molar-refractivity contribution is 5.11. The third kappa shape index (κ3) is 2.43. The molecular formula is C13H24N4O. The van der Waals surface area contributed by atoms with Crippen molar-refractivity contribution in [3.8, 4) is 0 Å². The molecule has 0 saturated carbocycles. The number of rotatable bonds is 4. The lowest BCUT2D eigenvalue weighted by molar-refractivity contribution is -0.0282. The molecule has 2 N–H and O–H groups in total. The first-order chi connectivity index (χ1) is 8.58. The summed E-state index contributed by atoms with van der Waals surface area (Å²) in [7, 11) is 1.97. The standard InChI is InChI=1S/C13H24N4O/c1-4-13(2,17-5-7-18-8-6-17)12(14)11-9-16(3)10-15-11/h9-10,12H,4-8,14H2,1-3H3. The van der Waals surface area contributed by atoms with Crippen molar-refractivity contribution in [2.45, 2.75) is 31.8 Å². The fraction of sp³-hybridized carbons (Fsp3) is 0.769. The molecular weight excluding hydrogens is 228 g/mol. The molecule has 18 heavy (non-hydrogen) atoms. The lowest BCUT2D eigenvalue weighted by Gasteiger charge is -2.46. The second kappa shape index (κ2) is 5.38. The fourth-order valence-electron chi connectivity index (χ4n) is 2.63. The molecule has 5 nitrogen and oxygen atoms in total. The van der Waals surface area contributed by atoms with Gasteiger partial charge in [0.2, 0.25) is 0 Å². The lowest BCUT2D eigenvalue weighted by Crippen LogP contribution is -2.56. The van der Waals surface area contributed by atoms with Crippen LogP contribution in [0.2, 0.25) is 0 Å². The van der Waals surface area contributed by atoms with Gasteiger partial charge >= 0.3 is 0 Å². The van der Waals surface area contributed by atoms with Gasteiger partial charge in [-0.2, -0.15) is 0 Å². The normalized spacial score (nSPS) is 22.7. The van der Waals surface area contributed by atoms with E-state index in [-0.39, 0.29) is 11.6 Å². The minimum Gasteiger partial charge on any atom is -0.379 e. The summed E-state index contributed by atoms with van der Waals surface area (Å²) in [6.45, 7) is 7.92. The van der Waals surface area contributed by atoms with Gasteiger partial charge in [0.05, 0.1) is 31.3 Å². The number of hydrogen-bond acceptors (Lipinski definition) is 4. The molecule has 0 spiro atoms. The molecule has 0 aliphatic carbocycles. The summed E-state index contributed by atoms with van der Waals surface area (Å²) in [6.07, 6.45) is 4.83. The number of aromatic nitrogens is 2. The zero-order chi connectivity index (χ0) is 13.2. The van der Waals surface area contributed by atoms with Gasteiger partial charge in [0.1, 0.15) is 0 Å². The first-order valence-corrected chi connectivity index (χ1v) is 6.64. The number of imidazole rings is 1. The number of nitrogens with two attached hydrogens (primary N) is 1. The minimum absolute atomic E-state index is 0.0574. The van der Waals surface area contributed by atoms with Gasteiger partial charge in [0, 0.05) is 31.9 Å². The molecule has 0 aromatic carbocycles. The van der Waals surface area contributed by atoms with Gasteiger partial charge in [-0.3, -0.25) is 4.90 Å². The van der Waals surface area contributed by atoms with Crippen LogP contribution >= 0.6 is 0 Å². The largest absolute Gasteiger partial charge is 0.379 e. The Bertz CT molecular complexity index is 386. The molecule has 0 bridgehead atoms. The Labute approximate surface area is 109 Å². The van der Waals surface area contributed by atoms with E-state index in [1.54, 1.807) is 0 Å². The molecule has 0 radical (unpaired) electrons. The predicted molar refractivity (Wildman–Crippen MR) is 71.2 cm³/mol. The first-order valence-electron chi connectivity index (χ1n) is 6.64. The van der Waals surface area contributed by atoms with Crippen molar-refractivity contribution < 1.29 is 4.74 Å². The van der Waals surface area contributed by atoms with Crippen LogP contribution < -0.4 is 5.73 Å². The molecule has 1 aliphatic heterocycles. The molecule has 0 amide bonds. The maximum atomic E-state index is 6.47. The molecule has 102 valence electrons. The van der Waals surface area contributed by atoms with Crippen LogP contribution in [0.3, 0.4) is 0 Å². The summed E-state index contributed by atoms with van der Waals surface area (Å²) in [6, 6.07) is -0.0678. The molecule has 2 rings (SSSR count). The number of ether oxygens (including phenoxy) is 1. The van der Waals surface area contributed by atoms with E-state index in [4.69, 9.17) is 10.5 Å². The van der Waals surface area contributed by atoms with Crippen LogP contribution in [0.4, 0.5) is 0 Å². The average Bonchev–Trinajstić information content (AvgIpc) is 2.84. The van der Waals surface area contributed by atoms with Crippen molar-refractivity contribution in [3.63, 3.8) is 0 Å². The van der Waals surface area contributed by atoms with Gasteiger partial charge < -0.3 is 15.0 Å². The lowest BCUT2D eigenvalue weighted by atomic mass is 9.85. The van der Waals surface area contributed by atoms with Crippen LogP contribution in [0.5, 0.6) is 0 Å². The molecule has 1 aliphatic rings. The van der Waals surface area contributed by atoms with Gasteiger partial charge in [-0.05, 0) is 13.3 Å². The van der Waals surface area contributed by atoms with Crippen molar-refractivity contribution in [2.24, 2.45) is 12.8 Å². The highest BCUT2D eigenvalue weighted by atomic mass is 16.5. The van der Waals surface area contributed by atoms with Crippen LogP contribution in [0, 0.1) is 0 Å². The summed E-state index contributed by atoms with van der Waals surface area (Å²) < 4.78 is 7.38. The minimum atomic E-state index is -0.0678. The summed E-state index contributed by atoms with van der Waals surface area (Å²) in [5, 5.41) is 0. The maximum absolute atomic E-state index is 6.47. The maximum Gasteiger partial charge on any atom is 0.0947 e. The summed E-state index contributed by atoms with van der Waals surface area (Å²) in [5.74, 6) is 0. The Kier molecular flexibility index (Phi) is 4.04. The molecule has 5 heteroatoms.